The van der Waals surface area contributed by atoms with Crippen molar-refractivity contribution in [3.63, 3.8) is 0 Å². The third-order valence-corrected chi connectivity index (χ3v) is 5.59. The van der Waals surface area contributed by atoms with Crippen molar-refractivity contribution < 1.29 is 9.53 Å². The topological polar surface area (TPSA) is 65.4 Å². The Morgan fingerprint density at radius 3 is 2.93 bits per heavy atom. The van der Waals surface area contributed by atoms with Gasteiger partial charge < -0.3 is 10.1 Å². The molecular weight excluding hydrogens is 358 g/mol. The summed E-state index contributed by atoms with van der Waals surface area (Å²) in [6, 6.07) is 13.7. The lowest BCUT2D eigenvalue weighted by Gasteiger charge is -2.32. The number of piperidine rings is 1. The summed E-state index contributed by atoms with van der Waals surface area (Å²) in [7, 11) is 0. The highest BCUT2D eigenvalue weighted by Gasteiger charge is 2.20. The van der Waals surface area contributed by atoms with Gasteiger partial charge >= 0.3 is 0 Å². The minimum atomic E-state index is -0.0912. The molecule has 142 valence electrons. The first-order valence-corrected chi connectivity index (χ1v) is 10.2. The fourth-order valence-electron chi connectivity index (χ4n) is 3.34. The predicted molar refractivity (Wildman–Crippen MR) is 107 cm³/mol. The van der Waals surface area contributed by atoms with Gasteiger partial charge in [0.25, 0.3) is 5.91 Å². The number of carbonyl (C=O) groups excluding carboxylic acids is 1. The molecule has 1 aromatic carbocycles. The van der Waals surface area contributed by atoms with E-state index in [1.807, 2.05) is 12.1 Å². The van der Waals surface area contributed by atoms with Gasteiger partial charge in [-0.05, 0) is 54.4 Å². The lowest BCUT2D eigenvalue weighted by Crippen LogP contribution is -2.41. The van der Waals surface area contributed by atoms with E-state index in [2.05, 4.69) is 33.8 Å². The molecule has 6 heteroatoms. The van der Waals surface area contributed by atoms with Crippen molar-refractivity contribution in [3.8, 4) is 11.8 Å². The van der Waals surface area contributed by atoms with E-state index in [1.165, 1.54) is 11.3 Å². The molecule has 0 saturated carbocycles. The van der Waals surface area contributed by atoms with E-state index in [0.29, 0.717) is 24.6 Å². The van der Waals surface area contributed by atoms with Gasteiger partial charge in [-0.25, -0.2) is 0 Å². The van der Waals surface area contributed by atoms with Crippen molar-refractivity contribution in [3.05, 3.63) is 52.2 Å². The van der Waals surface area contributed by atoms with Crippen LogP contribution in [0.25, 0.3) is 0 Å². The fourth-order valence-corrected chi connectivity index (χ4v) is 4.08. The Morgan fingerprint density at radius 2 is 2.19 bits per heavy atom. The number of benzene rings is 1. The van der Waals surface area contributed by atoms with E-state index < -0.39 is 0 Å². The first kappa shape index (κ1) is 19.4. The van der Waals surface area contributed by atoms with Crippen LogP contribution in [0.15, 0.2) is 41.8 Å². The smallest absolute Gasteiger partial charge is 0.257 e. The van der Waals surface area contributed by atoms with Gasteiger partial charge in [-0.15, -0.1) is 11.3 Å². The van der Waals surface area contributed by atoms with Crippen LogP contribution in [-0.2, 0) is 17.8 Å². The summed E-state index contributed by atoms with van der Waals surface area (Å²) in [5, 5.41) is 13.8. The molecule has 1 aliphatic rings. The van der Waals surface area contributed by atoms with Crippen molar-refractivity contribution in [1.29, 1.82) is 5.26 Å². The summed E-state index contributed by atoms with van der Waals surface area (Å²) >= 11 is 1.80. The van der Waals surface area contributed by atoms with Crippen molar-refractivity contribution in [2.45, 2.75) is 25.8 Å². The Morgan fingerprint density at radius 1 is 1.33 bits per heavy atom. The van der Waals surface area contributed by atoms with Gasteiger partial charge in [0.2, 0.25) is 0 Å². The zero-order valence-electron chi connectivity index (χ0n) is 15.4. The molecule has 2 aromatic rings. The second-order valence-electron chi connectivity index (χ2n) is 6.89. The van der Waals surface area contributed by atoms with Gasteiger partial charge in [0.15, 0.2) is 6.61 Å². The number of hydrogen-bond acceptors (Lipinski definition) is 5. The van der Waals surface area contributed by atoms with E-state index >= 15 is 0 Å². The van der Waals surface area contributed by atoms with E-state index in [-0.39, 0.29) is 12.5 Å². The zero-order chi connectivity index (χ0) is 18.9. The van der Waals surface area contributed by atoms with Gasteiger partial charge in [0, 0.05) is 24.5 Å². The number of ether oxygens (including phenoxy) is 1. The zero-order valence-corrected chi connectivity index (χ0v) is 16.2. The molecule has 0 aliphatic carbocycles. The maximum Gasteiger partial charge on any atom is 0.257 e. The summed E-state index contributed by atoms with van der Waals surface area (Å²) in [6.45, 7) is 3.88. The van der Waals surface area contributed by atoms with Crippen LogP contribution in [0.5, 0.6) is 5.75 Å². The number of hydrogen-bond donors (Lipinski definition) is 1. The van der Waals surface area contributed by atoms with Crippen molar-refractivity contribution in [1.82, 2.24) is 10.2 Å². The number of nitriles is 1. The second kappa shape index (κ2) is 10.1. The number of thiophene rings is 1. The van der Waals surface area contributed by atoms with Crippen molar-refractivity contribution in [2.75, 3.05) is 26.2 Å². The minimum absolute atomic E-state index is 0.0171. The first-order chi connectivity index (χ1) is 13.2. The predicted octanol–water partition coefficient (Wildman–Crippen LogP) is 3.22. The normalized spacial score (nSPS) is 17.2. The maximum atomic E-state index is 12.1. The van der Waals surface area contributed by atoms with E-state index in [4.69, 9.17) is 10.00 Å². The van der Waals surface area contributed by atoms with E-state index in [9.17, 15) is 4.79 Å². The summed E-state index contributed by atoms with van der Waals surface area (Å²) in [5.74, 6) is 1.05. The van der Waals surface area contributed by atoms with Gasteiger partial charge in [-0.2, -0.15) is 5.26 Å². The highest BCUT2D eigenvalue weighted by molar-refractivity contribution is 7.09. The molecule has 1 aliphatic heterocycles. The molecule has 1 fully saturated rings. The van der Waals surface area contributed by atoms with Crippen LogP contribution in [0.1, 0.15) is 23.3 Å². The van der Waals surface area contributed by atoms with Crippen LogP contribution >= 0.6 is 11.3 Å². The lowest BCUT2D eigenvalue weighted by molar-refractivity contribution is -0.123. The molecule has 1 amide bonds. The number of nitrogens with zero attached hydrogens (tertiary/aromatic N) is 2. The van der Waals surface area contributed by atoms with Crippen molar-refractivity contribution in [2.24, 2.45) is 5.92 Å². The van der Waals surface area contributed by atoms with Crippen LogP contribution in [0.2, 0.25) is 0 Å². The highest BCUT2D eigenvalue weighted by atomic mass is 32.1. The van der Waals surface area contributed by atoms with E-state index in [0.717, 1.165) is 31.6 Å². The highest BCUT2D eigenvalue weighted by Crippen LogP contribution is 2.20. The molecule has 1 unspecified atom stereocenters. The first-order valence-electron chi connectivity index (χ1n) is 9.33. The molecular formula is C21H25N3O2S. The number of carbonyl (C=O) groups is 1. The number of nitrogens with one attached hydrogen (secondary N) is 1. The Balaban J connectivity index is 1.36. The SMILES string of the molecule is N#CCc1ccc(OCC(=O)NCC2CCCN(Cc3cccs3)C2)cc1. The lowest BCUT2D eigenvalue weighted by atomic mass is 9.98. The molecule has 3 rings (SSSR count). The van der Waals surface area contributed by atoms with Gasteiger partial charge in [-0.1, -0.05) is 18.2 Å². The van der Waals surface area contributed by atoms with E-state index in [1.54, 1.807) is 23.5 Å². The van der Waals surface area contributed by atoms with Crippen LogP contribution in [0.4, 0.5) is 0 Å². The third-order valence-electron chi connectivity index (χ3n) is 4.73. The second-order valence-corrected chi connectivity index (χ2v) is 7.93. The van der Waals surface area contributed by atoms with Crippen LogP contribution in [-0.4, -0.2) is 37.0 Å². The maximum absolute atomic E-state index is 12.1. The molecule has 0 radical (unpaired) electrons. The summed E-state index contributed by atoms with van der Waals surface area (Å²) in [5.41, 5.74) is 0.943. The number of likely N-dealkylation sites (tertiary alicyclic amines) is 1. The molecule has 0 spiro atoms. The molecule has 2 heterocycles. The number of rotatable bonds is 8. The molecule has 1 aromatic heterocycles. The Kier molecular flexibility index (Phi) is 7.26. The van der Waals surface area contributed by atoms with Crippen LogP contribution in [0, 0.1) is 17.2 Å². The van der Waals surface area contributed by atoms with Gasteiger partial charge in [0.05, 0.1) is 12.5 Å². The molecule has 1 N–H and O–H groups in total. The largest absolute Gasteiger partial charge is 0.484 e. The van der Waals surface area contributed by atoms with Crippen molar-refractivity contribution >= 4 is 17.2 Å². The number of amides is 1. The van der Waals surface area contributed by atoms with Crippen LogP contribution in [0.3, 0.4) is 0 Å². The Bertz CT molecular complexity index is 753. The summed E-state index contributed by atoms with van der Waals surface area (Å²) < 4.78 is 5.53. The third kappa shape index (κ3) is 6.38. The van der Waals surface area contributed by atoms with Crippen LogP contribution < -0.4 is 10.1 Å². The molecule has 1 saturated heterocycles. The molecule has 27 heavy (non-hydrogen) atoms. The Hall–Kier alpha value is -2.36. The summed E-state index contributed by atoms with van der Waals surface area (Å²) in [6.07, 6.45) is 2.71. The minimum Gasteiger partial charge on any atom is -0.484 e. The molecule has 1 atom stereocenters. The Labute approximate surface area is 164 Å². The standard InChI is InChI=1S/C21H25N3O2S/c22-10-9-17-5-7-19(8-6-17)26-16-21(25)23-13-18-3-1-11-24(14-18)15-20-4-2-12-27-20/h2,4-8,12,18H,1,3,9,11,13-16H2,(H,23,25). The summed E-state index contributed by atoms with van der Waals surface area (Å²) in [4.78, 5) is 15.9. The average Bonchev–Trinajstić information content (AvgIpc) is 3.19. The molecule has 5 nitrogen and oxygen atoms in total. The van der Waals surface area contributed by atoms with Gasteiger partial charge in [-0.3, -0.25) is 9.69 Å². The molecule has 0 bridgehead atoms. The monoisotopic (exact) mass is 383 g/mol. The fraction of sp³-hybridized carbons (Fsp3) is 0.429. The van der Waals surface area contributed by atoms with Gasteiger partial charge in [0.1, 0.15) is 5.75 Å². The quantitative estimate of drug-likeness (QED) is 0.760. The average molecular weight is 384 g/mol.